The fraction of sp³-hybridized carbons (Fsp3) is 1.00. The van der Waals surface area contributed by atoms with Crippen molar-refractivity contribution in [3.05, 3.63) is 0 Å². The molecule has 0 aromatic carbocycles. The third-order valence-corrected chi connectivity index (χ3v) is 4.51. The van der Waals surface area contributed by atoms with E-state index in [9.17, 15) is 0 Å². The molecule has 0 aliphatic carbocycles. The fourth-order valence-corrected chi connectivity index (χ4v) is 2.95. The molecule has 0 amide bonds. The van der Waals surface area contributed by atoms with E-state index in [0.29, 0.717) is 29.5 Å². The molecule has 0 radical (unpaired) electrons. The average molecular weight is 270 g/mol. The van der Waals surface area contributed by atoms with E-state index in [-0.39, 0.29) is 0 Å². The van der Waals surface area contributed by atoms with Gasteiger partial charge in [-0.2, -0.15) is 0 Å². The Kier molecular flexibility index (Phi) is 6.28. The molecular weight excluding hydrogens is 236 g/mol. The zero-order valence-corrected chi connectivity index (χ0v) is 14.0. The standard InChI is InChI=1S/C16H34N2O/c1-12(2)14-10-17-15(16(4,5)6)11-18(14)13(3)8-9-19-7/h12-15,17H,8-11H2,1-7H3. The number of hydrogen-bond acceptors (Lipinski definition) is 3. The van der Waals surface area contributed by atoms with Gasteiger partial charge in [0.25, 0.3) is 0 Å². The lowest BCUT2D eigenvalue weighted by molar-refractivity contribution is 0.0237. The van der Waals surface area contributed by atoms with E-state index in [2.05, 4.69) is 51.8 Å². The first-order valence-electron chi connectivity index (χ1n) is 7.75. The summed E-state index contributed by atoms with van der Waals surface area (Å²) >= 11 is 0. The van der Waals surface area contributed by atoms with Gasteiger partial charge in [-0.25, -0.2) is 0 Å². The van der Waals surface area contributed by atoms with Crippen molar-refractivity contribution in [1.29, 1.82) is 0 Å². The van der Waals surface area contributed by atoms with Crippen molar-refractivity contribution >= 4 is 0 Å². The van der Waals surface area contributed by atoms with Crippen LogP contribution in [0.1, 0.15) is 48.0 Å². The Labute approximate surface area is 120 Å². The highest BCUT2D eigenvalue weighted by Gasteiger charge is 2.36. The predicted octanol–water partition coefficient (Wildman–Crippen LogP) is 2.76. The fourth-order valence-electron chi connectivity index (χ4n) is 2.95. The van der Waals surface area contributed by atoms with Gasteiger partial charge in [0.2, 0.25) is 0 Å². The predicted molar refractivity (Wildman–Crippen MR) is 82.5 cm³/mol. The van der Waals surface area contributed by atoms with Gasteiger partial charge in [-0.3, -0.25) is 4.90 Å². The van der Waals surface area contributed by atoms with Crippen LogP contribution in [0.25, 0.3) is 0 Å². The summed E-state index contributed by atoms with van der Waals surface area (Å²) < 4.78 is 5.25. The lowest BCUT2D eigenvalue weighted by atomic mass is 9.83. The van der Waals surface area contributed by atoms with Crippen LogP contribution in [-0.2, 0) is 4.74 Å². The van der Waals surface area contributed by atoms with Crippen LogP contribution < -0.4 is 5.32 Å². The van der Waals surface area contributed by atoms with Gasteiger partial charge in [-0.05, 0) is 24.7 Å². The summed E-state index contributed by atoms with van der Waals surface area (Å²) in [4.78, 5) is 2.70. The van der Waals surface area contributed by atoms with E-state index >= 15 is 0 Å². The van der Waals surface area contributed by atoms with Crippen LogP contribution in [0, 0.1) is 11.3 Å². The van der Waals surface area contributed by atoms with Crippen LogP contribution in [0.3, 0.4) is 0 Å². The maximum Gasteiger partial charge on any atom is 0.0477 e. The number of rotatable bonds is 5. The van der Waals surface area contributed by atoms with Gasteiger partial charge in [-0.1, -0.05) is 34.6 Å². The first-order valence-corrected chi connectivity index (χ1v) is 7.75. The SMILES string of the molecule is COCCC(C)N1CC(C(C)(C)C)NCC1C(C)C. The summed E-state index contributed by atoms with van der Waals surface area (Å²) in [7, 11) is 1.79. The Bertz CT molecular complexity index is 260. The molecule has 3 heteroatoms. The molecule has 1 fully saturated rings. The number of hydrogen-bond donors (Lipinski definition) is 1. The van der Waals surface area contributed by atoms with Crippen molar-refractivity contribution in [2.24, 2.45) is 11.3 Å². The Morgan fingerprint density at radius 3 is 2.37 bits per heavy atom. The highest BCUT2D eigenvalue weighted by Crippen LogP contribution is 2.27. The summed E-state index contributed by atoms with van der Waals surface area (Å²) in [5.74, 6) is 0.693. The van der Waals surface area contributed by atoms with E-state index in [1.165, 1.54) is 0 Å². The molecule has 19 heavy (non-hydrogen) atoms. The van der Waals surface area contributed by atoms with E-state index in [1.807, 2.05) is 0 Å². The van der Waals surface area contributed by atoms with Crippen LogP contribution in [0.4, 0.5) is 0 Å². The van der Waals surface area contributed by atoms with Gasteiger partial charge in [0.1, 0.15) is 0 Å². The summed E-state index contributed by atoms with van der Waals surface area (Å²) in [6, 6.07) is 1.82. The molecule has 0 aromatic heterocycles. The molecule has 0 spiro atoms. The van der Waals surface area contributed by atoms with Gasteiger partial charge < -0.3 is 10.1 Å². The highest BCUT2D eigenvalue weighted by molar-refractivity contribution is 4.94. The zero-order valence-electron chi connectivity index (χ0n) is 14.0. The molecule has 0 saturated carbocycles. The molecule has 1 N–H and O–H groups in total. The number of piperazine rings is 1. The van der Waals surface area contributed by atoms with E-state index in [4.69, 9.17) is 4.74 Å². The summed E-state index contributed by atoms with van der Waals surface area (Å²) in [5.41, 5.74) is 0.321. The van der Waals surface area contributed by atoms with Crippen LogP contribution in [0.15, 0.2) is 0 Å². The minimum atomic E-state index is 0.321. The molecule has 3 atom stereocenters. The van der Waals surface area contributed by atoms with E-state index in [1.54, 1.807) is 7.11 Å². The molecule has 1 aliphatic rings. The maximum atomic E-state index is 5.25. The van der Waals surface area contributed by atoms with Crippen molar-refractivity contribution in [3.8, 4) is 0 Å². The lowest BCUT2D eigenvalue weighted by Crippen LogP contribution is -2.63. The van der Waals surface area contributed by atoms with Gasteiger partial charge in [0, 0.05) is 44.9 Å². The third kappa shape index (κ3) is 4.73. The van der Waals surface area contributed by atoms with Gasteiger partial charge in [0.05, 0.1) is 0 Å². The Morgan fingerprint density at radius 2 is 1.89 bits per heavy atom. The maximum absolute atomic E-state index is 5.25. The molecular formula is C16H34N2O. The van der Waals surface area contributed by atoms with Crippen LogP contribution in [-0.4, -0.2) is 49.8 Å². The molecule has 3 unspecified atom stereocenters. The third-order valence-electron chi connectivity index (χ3n) is 4.51. The summed E-state index contributed by atoms with van der Waals surface area (Å²) in [6.07, 6.45) is 1.12. The Balaban J connectivity index is 2.73. The minimum Gasteiger partial charge on any atom is -0.385 e. The van der Waals surface area contributed by atoms with E-state index < -0.39 is 0 Å². The number of ether oxygens (including phenoxy) is 1. The van der Waals surface area contributed by atoms with Crippen molar-refractivity contribution in [2.45, 2.75) is 66.1 Å². The van der Waals surface area contributed by atoms with Crippen molar-refractivity contribution in [3.63, 3.8) is 0 Å². The van der Waals surface area contributed by atoms with Gasteiger partial charge in [-0.15, -0.1) is 0 Å². The smallest absolute Gasteiger partial charge is 0.0477 e. The van der Waals surface area contributed by atoms with Crippen LogP contribution in [0.2, 0.25) is 0 Å². The average Bonchev–Trinajstić information content (AvgIpc) is 2.33. The molecule has 0 aromatic rings. The van der Waals surface area contributed by atoms with Crippen molar-refractivity contribution in [1.82, 2.24) is 10.2 Å². The van der Waals surface area contributed by atoms with Crippen LogP contribution >= 0.6 is 0 Å². The van der Waals surface area contributed by atoms with E-state index in [0.717, 1.165) is 26.1 Å². The summed E-state index contributed by atoms with van der Waals surface area (Å²) in [5, 5.41) is 3.76. The van der Waals surface area contributed by atoms with Gasteiger partial charge in [0.15, 0.2) is 0 Å². The zero-order chi connectivity index (χ0) is 14.6. The number of nitrogens with zero attached hydrogens (tertiary/aromatic N) is 1. The monoisotopic (exact) mass is 270 g/mol. The molecule has 114 valence electrons. The van der Waals surface area contributed by atoms with Crippen molar-refractivity contribution in [2.75, 3.05) is 26.8 Å². The molecule has 1 heterocycles. The molecule has 1 aliphatic heterocycles. The molecule has 3 nitrogen and oxygen atoms in total. The van der Waals surface area contributed by atoms with Crippen molar-refractivity contribution < 1.29 is 4.74 Å². The Hall–Kier alpha value is -0.120. The second-order valence-corrected chi connectivity index (χ2v) is 7.47. The second-order valence-electron chi connectivity index (χ2n) is 7.47. The minimum absolute atomic E-state index is 0.321. The molecule has 1 saturated heterocycles. The second kappa shape index (κ2) is 7.05. The molecule has 1 rings (SSSR count). The highest BCUT2D eigenvalue weighted by atomic mass is 16.5. The quantitative estimate of drug-likeness (QED) is 0.831. The number of methoxy groups -OCH3 is 1. The molecule has 0 bridgehead atoms. The first-order chi connectivity index (χ1) is 8.77. The lowest BCUT2D eigenvalue weighted by Gasteiger charge is -2.49. The van der Waals surface area contributed by atoms with Crippen LogP contribution in [0.5, 0.6) is 0 Å². The number of nitrogens with one attached hydrogen (secondary N) is 1. The Morgan fingerprint density at radius 1 is 1.26 bits per heavy atom. The van der Waals surface area contributed by atoms with Gasteiger partial charge >= 0.3 is 0 Å². The largest absolute Gasteiger partial charge is 0.385 e. The first kappa shape index (κ1) is 16.9. The summed E-state index contributed by atoms with van der Waals surface area (Å²) in [6.45, 7) is 17.1. The topological polar surface area (TPSA) is 24.5 Å². The normalized spacial score (nSPS) is 27.8.